The fourth-order valence-corrected chi connectivity index (χ4v) is 5.62. The zero-order chi connectivity index (χ0) is 20.8. The fraction of sp³-hybridized carbons (Fsp3) is 0.636. The third kappa shape index (κ3) is 3.66. The minimum absolute atomic E-state index is 0.153. The van der Waals surface area contributed by atoms with E-state index in [1.807, 2.05) is 4.90 Å². The standard InChI is InChI=1S/C22H30FN3O3/c1-3-17-10-19-16(8-15(9-20(19)23)21(28)24-29)13-26(17)18-11-22(12-18)4-6-25(7-5-22)14(2)27/h8-9,17-18,29H,3-7,10-13H2,1-2H3,(H,24,28)/t17-/m1/s1. The van der Waals surface area contributed by atoms with E-state index in [0.717, 1.165) is 50.8 Å². The summed E-state index contributed by atoms with van der Waals surface area (Å²) in [4.78, 5) is 27.8. The molecular weight excluding hydrogens is 373 g/mol. The summed E-state index contributed by atoms with van der Waals surface area (Å²) in [5.74, 6) is -0.879. The molecule has 7 heteroatoms. The van der Waals surface area contributed by atoms with Crippen molar-refractivity contribution in [3.8, 4) is 0 Å². The van der Waals surface area contributed by atoms with Crippen molar-refractivity contribution in [1.29, 1.82) is 0 Å². The van der Waals surface area contributed by atoms with Crippen LogP contribution in [0.15, 0.2) is 12.1 Å². The van der Waals surface area contributed by atoms with Crippen molar-refractivity contribution in [3.05, 3.63) is 34.6 Å². The minimum atomic E-state index is -0.685. The first-order valence-electron chi connectivity index (χ1n) is 10.6. The van der Waals surface area contributed by atoms with Crippen molar-refractivity contribution in [3.63, 3.8) is 0 Å². The second-order valence-electron chi connectivity index (χ2n) is 9.04. The maximum atomic E-state index is 14.6. The summed E-state index contributed by atoms with van der Waals surface area (Å²) in [6.45, 7) is 6.13. The molecular formula is C22H30FN3O3. The number of rotatable bonds is 3. The highest BCUT2D eigenvalue weighted by molar-refractivity contribution is 5.93. The third-order valence-electron chi connectivity index (χ3n) is 7.46. The Morgan fingerprint density at radius 2 is 1.97 bits per heavy atom. The summed E-state index contributed by atoms with van der Waals surface area (Å²) < 4.78 is 14.6. The van der Waals surface area contributed by atoms with Crippen LogP contribution in [0.1, 0.15) is 67.4 Å². The number of hydrogen-bond donors (Lipinski definition) is 2. The van der Waals surface area contributed by atoms with Crippen LogP contribution in [0.25, 0.3) is 0 Å². The van der Waals surface area contributed by atoms with E-state index >= 15 is 0 Å². The van der Waals surface area contributed by atoms with Crippen molar-refractivity contribution in [2.75, 3.05) is 13.1 Å². The number of carbonyl (C=O) groups is 2. The summed E-state index contributed by atoms with van der Waals surface area (Å²) in [7, 11) is 0. The van der Waals surface area contributed by atoms with Crippen LogP contribution in [0, 0.1) is 11.2 Å². The van der Waals surface area contributed by atoms with Crippen LogP contribution >= 0.6 is 0 Å². The lowest BCUT2D eigenvalue weighted by Gasteiger charge is -2.57. The van der Waals surface area contributed by atoms with Gasteiger partial charge in [0.05, 0.1) is 0 Å². The molecule has 1 aromatic carbocycles. The van der Waals surface area contributed by atoms with Crippen LogP contribution in [0.5, 0.6) is 0 Å². The van der Waals surface area contributed by atoms with Crippen molar-refractivity contribution in [1.82, 2.24) is 15.3 Å². The van der Waals surface area contributed by atoms with Gasteiger partial charge in [-0.15, -0.1) is 0 Å². The lowest BCUT2D eigenvalue weighted by molar-refractivity contribution is -0.134. The number of nitrogens with zero attached hydrogens (tertiary/aromatic N) is 2. The van der Waals surface area contributed by atoms with Gasteiger partial charge in [-0.2, -0.15) is 0 Å². The third-order valence-corrected chi connectivity index (χ3v) is 7.46. The molecule has 29 heavy (non-hydrogen) atoms. The lowest BCUT2D eigenvalue weighted by atomic mass is 9.59. The van der Waals surface area contributed by atoms with E-state index in [1.54, 1.807) is 18.5 Å². The Bertz CT molecular complexity index is 812. The molecule has 2 aliphatic heterocycles. The van der Waals surface area contributed by atoms with Crippen molar-refractivity contribution < 1.29 is 19.2 Å². The van der Waals surface area contributed by atoms with Gasteiger partial charge < -0.3 is 4.90 Å². The van der Waals surface area contributed by atoms with E-state index in [0.29, 0.717) is 36.0 Å². The Morgan fingerprint density at radius 3 is 2.55 bits per heavy atom. The van der Waals surface area contributed by atoms with Gasteiger partial charge in [0.15, 0.2) is 0 Å². The highest BCUT2D eigenvalue weighted by atomic mass is 19.1. The smallest absolute Gasteiger partial charge is 0.274 e. The number of halogens is 1. The SMILES string of the molecule is CC[C@@H]1Cc2c(F)cc(C(=O)NO)cc2CN1C1CC2(CCN(C(C)=O)CC2)C1. The van der Waals surface area contributed by atoms with Crippen molar-refractivity contribution in [2.45, 2.75) is 71.0 Å². The molecule has 1 aromatic rings. The summed E-state index contributed by atoms with van der Waals surface area (Å²) >= 11 is 0. The van der Waals surface area contributed by atoms with Gasteiger partial charge in [-0.25, -0.2) is 9.87 Å². The molecule has 158 valence electrons. The highest BCUT2D eigenvalue weighted by Crippen LogP contribution is 2.52. The normalized spacial score (nSPS) is 24.1. The first-order valence-corrected chi connectivity index (χ1v) is 10.6. The van der Waals surface area contributed by atoms with E-state index in [2.05, 4.69) is 11.8 Å². The predicted octanol–water partition coefficient (Wildman–Crippen LogP) is 2.87. The molecule has 0 unspecified atom stereocenters. The lowest BCUT2D eigenvalue weighted by Crippen LogP contribution is -2.58. The Kier molecular flexibility index (Phi) is 5.38. The van der Waals surface area contributed by atoms with Crippen LogP contribution in [-0.4, -0.2) is 52.0 Å². The second kappa shape index (κ2) is 7.69. The molecule has 1 aliphatic carbocycles. The topological polar surface area (TPSA) is 72.9 Å². The zero-order valence-corrected chi connectivity index (χ0v) is 17.2. The van der Waals surface area contributed by atoms with Gasteiger partial charge in [0.25, 0.3) is 5.91 Å². The molecule has 3 aliphatic rings. The number of amides is 2. The molecule has 1 atom stereocenters. The molecule has 2 heterocycles. The van der Waals surface area contributed by atoms with Gasteiger partial charge >= 0.3 is 0 Å². The molecule has 4 rings (SSSR count). The Labute approximate surface area is 171 Å². The molecule has 0 radical (unpaired) electrons. The molecule has 2 fully saturated rings. The number of fused-ring (bicyclic) bond motifs is 1. The second-order valence-corrected chi connectivity index (χ2v) is 9.04. The molecule has 2 N–H and O–H groups in total. The van der Waals surface area contributed by atoms with Crippen LogP contribution in [0.4, 0.5) is 4.39 Å². The minimum Gasteiger partial charge on any atom is -0.343 e. The van der Waals surface area contributed by atoms with E-state index in [9.17, 15) is 14.0 Å². The van der Waals surface area contributed by atoms with Gasteiger partial charge in [0, 0.05) is 44.2 Å². The zero-order valence-electron chi connectivity index (χ0n) is 17.2. The number of hydroxylamine groups is 1. The maximum absolute atomic E-state index is 14.6. The Morgan fingerprint density at radius 1 is 1.28 bits per heavy atom. The molecule has 6 nitrogen and oxygen atoms in total. The number of carbonyl (C=O) groups excluding carboxylic acids is 2. The first kappa shape index (κ1) is 20.3. The van der Waals surface area contributed by atoms with E-state index in [1.165, 1.54) is 6.07 Å². The molecule has 0 aromatic heterocycles. The van der Waals surface area contributed by atoms with Crippen LogP contribution in [0.2, 0.25) is 0 Å². The van der Waals surface area contributed by atoms with Gasteiger partial charge in [-0.3, -0.25) is 19.7 Å². The number of piperidine rings is 1. The van der Waals surface area contributed by atoms with Gasteiger partial charge in [0.1, 0.15) is 5.82 Å². The van der Waals surface area contributed by atoms with E-state index in [4.69, 9.17) is 5.21 Å². The quantitative estimate of drug-likeness (QED) is 0.601. The number of likely N-dealkylation sites (tertiary alicyclic amines) is 1. The summed E-state index contributed by atoms with van der Waals surface area (Å²) in [6.07, 6.45) is 6.01. The van der Waals surface area contributed by atoms with Gasteiger partial charge in [-0.05, 0) is 67.2 Å². The maximum Gasteiger partial charge on any atom is 0.274 e. The van der Waals surface area contributed by atoms with Crippen molar-refractivity contribution >= 4 is 11.8 Å². The molecule has 1 spiro atoms. The predicted molar refractivity (Wildman–Crippen MR) is 106 cm³/mol. The van der Waals surface area contributed by atoms with Gasteiger partial charge in [0.2, 0.25) is 5.91 Å². The average Bonchev–Trinajstić information content (AvgIpc) is 2.70. The number of hydrogen-bond acceptors (Lipinski definition) is 4. The largest absolute Gasteiger partial charge is 0.343 e. The van der Waals surface area contributed by atoms with Crippen LogP contribution in [-0.2, 0) is 17.8 Å². The summed E-state index contributed by atoms with van der Waals surface area (Å²) in [5.41, 5.74) is 3.64. The molecule has 2 amide bonds. The number of nitrogens with one attached hydrogen (secondary N) is 1. The molecule has 1 saturated carbocycles. The van der Waals surface area contributed by atoms with Crippen LogP contribution in [0.3, 0.4) is 0 Å². The van der Waals surface area contributed by atoms with Crippen LogP contribution < -0.4 is 5.48 Å². The molecule has 1 saturated heterocycles. The monoisotopic (exact) mass is 403 g/mol. The Hall–Kier alpha value is -1.99. The fourth-order valence-electron chi connectivity index (χ4n) is 5.62. The van der Waals surface area contributed by atoms with E-state index in [-0.39, 0.29) is 17.3 Å². The van der Waals surface area contributed by atoms with E-state index < -0.39 is 5.91 Å². The summed E-state index contributed by atoms with van der Waals surface area (Å²) in [6, 6.07) is 3.70. The average molecular weight is 403 g/mol. The first-order chi connectivity index (χ1) is 13.9. The van der Waals surface area contributed by atoms with Gasteiger partial charge in [-0.1, -0.05) is 6.92 Å². The highest BCUT2D eigenvalue weighted by Gasteiger charge is 2.49. The summed E-state index contributed by atoms with van der Waals surface area (Å²) in [5, 5.41) is 8.89. The Balaban J connectivity index is 1.48. The molecule has 0 bridgehead atoms. The van der Waals surface area contributed by atoms with Crippen molar-refractivity contribution in [2.24, 2.45) is 5.41 Å². The number of benzene rings is 1.